The van der Waals surface area contributed by atoms with E-state index in [1.807, 2.05) is 43.3 Å². The van der Waals surface area contributed by atoms with Gasteiger partial charge in [-0.2, -0.15) is 0 Å². The Morgan fingerprint density at radius 3 is 2.31 bits per heavy atom. The van der Waals surface area contributed by atoms with Crippen LogP contribution in [-0.4, -0.2) is 50.2 Å². The molecule has 192 valence electrons. The van der Waals surface area contributed by atoms with Gasteiger partial charge in [-0.15, -0.1) is 0 Å². The number of rotatable bonds is 6. The largest absolute Gasteiger partial charge is 0.507 e. The van der Waals surface area contributed by atoms with Gasteiger partial charge in [0.05, 0.1) is 17.9 Å². The lowest BCUT2D eigenvalue weighted by atomic mass is 9.63. The molecular formula is C27H36O8. The van der Waals surface area contributed by atoms with E-state index in [0.717, 1.165) is 16.7 Å². The van der Waals surface area contributed by atoms with Gasteiger partial charge in [0.15, 0.2) is 11.6 Å². The van der Waals surface area contributed by atoms with E-state index in [2.05, 4.69) is 0 Å². The molecular weight excluding hydrogens is 452 g/mol. The van der Waals surface area contributed by atoms with Gasteiger partial charge < -0.3 is 26.3 Å². The number of allylic oxidation sites excluding steroid dienone is 1. The molecule has 3 atom stereocenters. The smallest absolute Gasteiger partial charge is 0.173 e. The highest BCUT2D eigenvalue weighted by atomic mass is 16.3. The summed E-state index contributed by atoms with van der Waals surface area (Å²) >= 11 is 0. The first-order valence-corrected chi connectivity index (χ1v) is 11.3. The molecule has 0 radical (unpaired) electrons. The van der Waals surface area contributed by atoms with E-state index in [0.29, 0.717) is 18.4 Å². The zero-order chi connectivity index (χ0) is 23.9. The van der Waals surface area contributed by atoms with Crippen molar-refractivity contribution in [3.05, 3.63) is 58.7 Å². The number of benzene rings is 2. The van der Waals surface area contributed by atoms with Crippen LogP contribution < -0.4 is 0 Å². The third kappa shape index (κ3) is 5.05. The molecule has 8 heteroatoms. The van der Waals surface area contributed by atoms with Gasteiger partial charge in [-0.3, -0.25) is 14.4 Å². The molecule has 0 heterocycles. The summed E-state index contributed by atoms with van der Waals surface area (Å²) in [4.78, 5) is 37.8. The fraction of sp³-hybridized carbons (Fsp3) is 0.370. The predicted octanol–water partition coefficient (Wildman–Crippen LogP) is 2.79. The van der Waals surface area contributed by atoms with Crippen molar-refractivity contribution in [2.24, 2.45) is 17.8 Å². The second-order valence-electron chi connectivity index (χ2n) is 9.22. The van der Waals surface area contributed by atoms with E-state index in [-0.39, 0.29) is 67.6 Å². The number of hydrogen-bond donors (Lipinski definition) is 3. The maximum Gasteiger partial charge on any atom is 0.173 e. The minimum absolute atomic E-state index is 0. The van der Waals surface area contributed by atoms with E-state index in [1.54, 1.807) is 0 Å². The molecule has 2 aliphatic rings. The summed E-state index contributed by atoms with van der Waals surface area (Å²) < 4.78 is 0. The van der Waals surface area contributed by atoms with Crippen molar-refractivity contribution >= 4 is 23.1 Å². The highest BCUT2D eigenvalue weighted by molar-refractivity contribution is 6.17. The zero-order valence-corrected chi connectivity index (χ0v) is 19.8. The number of aliphatic hydroxyl groups excluding tert-OH is 2. The Balaban J connectivity index is 0.00000324. The fourth-order valence-electron chi connectivity index (χ4n) is 5.35. The summed E-state index contributed by atoms with van der Waals surface area (Å²) in [5.74, 6) is -3.47. The van der Waals surface area contributed by atoms with Gasteiger partial charge in [0, 0.05) is 20.6 Å². The number of carbonyl (C=O) groups excluding carboxylic acids is 3. The van der Waals surface area contributed by atoms with Crippen molar-refractivity contribution in [1.82, 2.24) is 0 Å². The molecule has 0 aliphatic heterocycles. The van der Waals surface area contributed by atoms with Crippen LogP contribution in [0.3, 0.4) is 0 Å². The number of ketones is 3. The van der Waals surface area contributed by atoms with Gasteiger partial charge in [-0.1, -0.05) is 42.0 Å². The second-order valence-corrected chi connectivity index (χ2v) is 9.22. The number of aliphatic hydroxyl groups is 2. The van der Waals surface area contributed by atoms with Gasteiger partial charge in [0.25, 0.3) is 0 Å². The Morgan fingerprint density at radius 2 is 1.71 bits per heavy atom. The Kier molecular flexibility index (Phi) is 8.73. The van der Waals surface area contributed by atoms with Crippen LogP contribution in [0.15, 0.2) is 42.0 Å². The summed E-state index contributed by atoms with van der Waals surface area (Å²) in [5.41, 5.74) is 3.52. The lowest BCUT2D eigenvalue weighted by Gasteiger charge is -2.39. The Morgan fingerprint density at radius 1 is 1.06 bits per heavy atom. The highest BCUT2D eigenvalue weighted by Crippen LogP contribution is 2.49. The summed E-state index contributed by atoms with van der Waals surface area (Å²) in [6.45, 7) is 3.10. The molecule has 3 unspecified atom stereocenters. The predicted molar refractivity (Wildman–Crippen MR) is 135 cm³/mol. The first-order chi connectivity index (χ1) is 15.7. The van der Waals surface area contributed by atoms with Gasteiger partial charge >= 0.3 is 0 Å². The Hall–Kier alpha value is -3.33. The number of Topliss-reactive ketones (excluding diaryl/α,β-unsaturated/α-hetero) is 3. The molecule has 0 aromatic heterocycles. The van der Waals surface area contributed by atoms with E-state index in [4.69, 9.17) is 0 Å². The van der Waals surface area contributed by atoms with E-state index >= 15 is 0 Å². The van der Waals surface area contributed by atoms with Gasteiger partial charge in [-0.05, 0) is 56.1 Å². The number of fused-ring (bicyclic) bond motifs is 2. The van der Waals surface area contributed by atoms with E-state index < -0.39 is 23.4 Å². The zero-order valence-electron chi connectivity index (χ0n) is 19.8. The molecule has 2 aromatic carbocycles. The third-order valence-electron chi connectivity index (χ3n) is 6.87. The summed E-state index contributed by atoms with van der Waals surface area (Å²) in [6, 6.07) is 11.3. The van der Waals surface area contributed by atoms with Gasteiger partial charge in [0.1, 0.15) is 17.3 Å². The number of aromatic hydroxyl groups is 1. The minimum Gasteiger partial charge on any atom is -0.507 e. The van der Waals surface area contributed by atoms with Crippen LogP contribution in [0.5, 0.6) is 5.75 Å². The highest BCUT2D eigenvalue weighted by Gasteiger charge is 2.47. The van der Waals surface area contributed by atoms with Crippen molar-refractivity contribution in [3.8, 4) is 16.9 Å². The first kappa shape index (κ1) is 27.9. The monoisotopic (exact) mass is 488 g/mol. The maximum absolute atomic E-state index is 13.5. The van der Waals surface area contributed by atoms with Crippen molar-refractivity contribution in [2.75, 3.05) is 6.61 Å². The SMILES string of the molecule is CC(=O)CC(=O)C1C(=O)C2=C(O)c3c(ccc(-c4ccc(C)cc4)c3O)CC2CC1CCO.O.O.[HH].[HH]. The van der Waals surface area contributed by atoms with Crippen LogP contribution in [0, 0.1) is 24.7 Å². The Labute approximate surface area is 206 Å². The van der Waals surface area contributed by atoms with Crippen molar-refractivity contribution in [3.63, 3.8) is 0 Å². The summed E-state index contributed by atoms with van der Waals surface area (Å²) in [6.07, 6.45) is 0.809. The quantitative estimate of drug-likeness (QED) is 0.527. The van der Waals surface area contributed by atoms with Crippen LogP contribution in [0.4, 0.5) is 0 Å². The molecule has 0 amide bonds. The van der Waals surface area contributed by atoms with Crippen LogP contribution >= 0.6 is 0 Å². The minimum atomic E-state index is -1.07. The molecule has 7 N–H and O–H groups in total. The molecule has 4 rings (SSSR count). The first-order valence-electron chi connectivity index (χ1n) is 11.3. The number of aryl methyl sites for hydroxylation is 1. The van der Waals surface area contributed by atoms with E-state index in [1.165, 1.54) is 6.92 Å². The Bertz CT molecular complexity index is 1170. The second kappa shape index (κ2) is 10.9. The summed E-state index contributed by atoms with van der Waals surface area (Å²) in [5, 5.41) is 31.8. The lowest BCUT2D eigenvalue weighted by Crippen LogP contribution is -2.43. The standard InChI is InChI=1S/C27H28O6.2H2O.2H2/c1-14-3-5-16(6-4-14)20-8-7-17-12-19-13-18(9-10-28)22(21(30)11-15(2)29)26(32)24(19)27(33)23(17)25(20)31;;;;/h3-8,18-19,22,28,31,33H,9-13H2,1-2H3;2*1H2;2*1H. The normalized spacial score (nSPS) is 20.8. The molecule has 35 heavy (non-hydrogen) atoms. The summed E-state index contributed by atoms with van der Waals surface area (Å²) in [7, 11) is 0. The number of phenolic OH excluding ortho intramolecular Hbond substituents is 1. The number of carbonyl (C=O) groups is 3. The molecule has 0 bridgehead atoms. The fourth-order valence-corrected chi connectivity index (χ4v) is 5.35. The average molecular weight is 489 g/mol. The van der Waals surface area contributed by atoms with Crippen LogP contribution in [0.1, 0.15) is 45.7 Å². The maximum atomic E-state index is 13.5. The van der Waals surface area contributed by atoms with E-state index in [9.17, 15) is 29.7 Å². The molecule has 0 saturated heterocycles. The molecule has 0 spiro atoms. The van der Waals surface area contributed by atoms with Gasteiger partial charge in [0.2, 0.25) is 0 Å². The lowest BCUT2D eigenvalue weighted by molar-refractivity contribution is -0.137. The topological polar surface area (TPSA) is 175 Å². The van der Waals surface area contributed by atoms with Gasteiger partial charge in [-0.25, -0.2) is 0 Å². The van der Waals surface area contributed by atoms with Crippen molar-refractivity contribution < 1.29 is 43.5 Å². The molecule has 1 saturated carbocycles. The molecule has 1 fully saturated rings. The number of hydrogen-bond acceptors (Lipinski definition) is 6. The van der Waals surface area contributed by atoms with Crippen LogP contribution in [0.25, 0.3) is 16.9 Å². The third-order valence-corrected chi connectivity index (χ3v) is 6.87. The number of phenols is 1. The molecule has 2 aliphatic carbocycles. The van der Waals surface area contributed by atoms with Crippen molar-refractivity contribution in [1.29, 1.82) is 0 Å². The van der Waals surface area contributed by atoms with Crippen molar-refractivity contribution in [2.45, 2.75) is 39.5 Å². The van der Waals surface area contributed by atoms with Crippen LogP contribution in [0.2, 0.25) is 0 Å². The van der Waals surface area contributed by atoms with Crippen LogP contribution in [-0.2, 0) is 20.8 Å². The average Bonchev–Trinajstić information content (AvgIpc) is 2.74. The molecule has 2 aromatic rings. The molecule has 8 nitrogen and oxygen atoms in total.